The second-order valence-corrected chi connectivity index (χ2v) is 4.40. The lowest BCUT2D eigenvalue weighted by molar-refractivity contribution is 0.311. The largest absolute Gasteiger partial charge is 0.464 e. The highest BCUT2D eigenvalue weighted by Crippen LogP contribution is 2.22. The number of rotatable bonds is 3. The van der Waals surface area contributed by atoms with Crippen molar-refractivity contribution in [3.63, 3.8) is 0 Å². The Balaban J connectivity index is 2.52. The molecule has 2 aromatic heterocycles. The molecule has 0 bridgehead atoms. The van der Waals surface area contributed by atoms with E-state index in [1.807, 2.05) is 20.8 Å². The Morgan fingerprint density at radius 2 is 2.00 bits per heavy atom. The number of nitrogen functional groups attached to an aromatic ring is 1. The monoisotopic (exact) mass is 312 g/mol. The maximum atomic E-state index is 5.63. The molecule has 2 heterocycles. The van der Waals surface area contributed by atoms with Crippen molar-refractivity contribution in [1.29, 1.82) is 0 Å². The van der Waals surface area contributed by atoms with Gasteiger partial charge < -0.3 is 10.5 Å². The summed E-state index contributed by atoms with van der Waals surface area (Å²) >= 11 is 3.45. The van der Waals surface area contributed by atoms with Crippen LogP contribution in [-0.2, 0) is 0 Å². The standard InChI is InChI=1S/C10H13BrN6O/c1-4-18-10-14-8(12)13-9(15-10)17-6(3)7(11)5(2)16-17/h4H2,1-3H3,(H2,12,13,14,15). The average Bonchev–Trinajstić information content (AvgIpc) is 2.57. The maximum absolute atomic E-state index is 5.63. The fraction of sp³-hybridized carbons (Fsp3) is 0.400. The van der Waals surface area contributed by atoms with Crippen LogP contribution in [0, 0.1) is 13.8 Å². The summed E-state index contributed by atoms with van der Waals surface area (Å²) in [5.74, 6) is 0.448. The second kappa shape index (κ2) is 4.89. The number of hydrogen-bond acceptors (Lipinski definition) is 6. The van der Waals surface area contributed by atoms with Gasteiger partial charge in [0, 0.05) is 0 Å². The van der Waals surface area contributed by atoms with Crippen molar-refractivity contribution < 1.29 is 4.74 Å². The minimum Gasteiger partial charge on any atom is -0.464 e. The molecule has 2 aromatic rings. The fourth-order valence-electron chi connectivity index (χ4n) is 1.47. The van der Waals surface area contributed by atoms with Crippen LogP contribution >= 0.6 is 15.9 Å². The van der Waals surface area contributed by atoms with Crippen molar-refractivity contribution in [3.05, 3.63) is 15.9 Å². The Kier molecular flexibility index (Phi) is 3.46. The van der Waals surface area contributed by atoms with E-state index in [1.54, 1.807) is 4.68 Å². The molecule has 0 fully saturated rings. The smallest absolute Gasteiger partial charge is 0.323 e. The Morgan fingerprint density at radius 3 is 2.56 bits per heavy atom. The summed E-state index contributed by atoms with van der Waals surface area (Å²) in [6.45, 7) is 6.11. The van der Waals surface area contributed by atoms with Crippen LogP contribution in [0.3, 0.4) is 0 Å². The van der Waals surface area contributed by atoms with E-state index >= 15 is 0 Å². The first-order valence-electron chi connectivity index (χ1n) is 5.39. The normalized spacial score (nSPS) is 10.7. The summed E-state index contributed by atoms with van der Waals surface area (Å²) in [6.07, 6.45) is 0. The molecule has 2 rings (SSSR count). The molecule has 0 aliphatic rings. The van der Waals surface area contributed by atoms with Crippen LogP contribution < -0.4 is 10.5 Å². The van der Waals surface area contributed by atoms with E-state index in [2.05, 4.69) is 36.0 Å². The number of aromatic nitrogens is 5. The zero-order valence-corrected chi connectivity index (χ0v) is 11.9. The lowest BCUT2D eigenvalue weighted by Gasteiger charge is -2.05. The molecule has 0 aliphatic carbocycles. The third kappa shape index (κ3) is 2.28. The topological polar surface area (TPSA) is 91.7 Å². The molecule has 0 saturated carbocycles. The van der Waals surface area contributed by atoms with Crippen LogP contribution in [0.1, 0.15) is 18.3 Å². The van der Waals surface area contributed by atoms with Crippen LogP contribution in [0.25, 0.3) is 5.95 Å². The summed E-state index contributed by atoms with van der Waals surface area (Å²) in [5.41, 5.74) is 7.37. The van der Waals surface area contributed by atoms with Gasteiger partial charge in [-0.05, 0) is 36.7 Å². The average molecular weight is 313 g/mol. The quantitative estimate of drug-likeness (QED) is 0.921. The van der Waals surface area contributed by atoms with Crippen molar-refractivity contribution in [2.45, 2.75) is 20.8 Å². The van der Waals surface area contributed by atoms with E-state index in [0.717, 1.165) is 15.9 Å². The molecule has 8 heteroatoms. The van der Waals surface area contributed by atoms with E-state index in [4.69, 9.17) is 10.5 Å². The van der Waals surface area contributed by atoms with Crippen LogP contribution in [0.2, 0.25) is 0 Å². The van der Waals surface area contributed by atoms with Gasteiger partial charge in [-0.1, -0.05) is 0 Å². The summed E-state index contributed by atoms with van der Waals surface area (Å²) in [4.78, 5) is 12.1. The fourth-order valence-corrected chi connectivity index (χ4v) is 1.72. The van der Waals surface area contributed by atoms with Gasteiger partial charge in [0.15, 0.2) is 0 Å². The first kappa shape index (κ1) is 12.7. The molecule has 0 aromatic carbocycles. The van der Waals surface area contributed by atoms with Crippen molar-refractivity contribution in [2.75, 3.05) is 12.3 Å². The molecule has 18 heavy (non-hydrogen) atoms. The van der Waals surface area contributed by atoms with Gasteiger partial charge in [-0.25, -0.2) is 4.68 Å². The van der Waals surface area contributed by atoms with Gasteiger partial charge in [0.05, 0.1) is 22.5 Å². The number of aryl methyl sites for hydroxylation is 1. The van der Waals surface area contributed by atoms with Gasteiger partial charge in [0.2, 0.25) is 5.95 Å². The molecule has 7 nitrogen and oxygen atoms in total. The minimum absolute atomic E-state index is 0.104. The van der Waals surface area contributed by atoms with Crippen LogP contribution in [-0.4, -0.2) is 31.3 Å². The van der Waals surface area contributed by atoms with Crippen molar-refractivity contribution in [1.82, 2.24) is 24.7 Å². The van der Waals surface area contributed by atoms with Gasteiger partial charge in [-0.3, -0.25) is 0 Å². The SMILES string of the molecule is CCOc1nc(N)nc(-n2nc(C)c(Br)c2C)n1. The van der Waals surface area contributed by atoms with E-state index in [9.17, 15) is 0 Å². The van der Waals surface area contributed by atoms with Crippen molar-refractivity contribution in [3.8, 4) is 12.0 Å². The van der Waals surface area contributed by atoms with E-state index in [0.29, 0.717) is 12.6 Å². The number of anilines is 1. The minimum atomic E-state index is 0.104. The lowest BCUT2D eigenvalue weighted by Crippen LogP contribution is -2.10. The lowest BCUT2D eigenvalue weighted by atomic mass is 10.4. The molecule has 96 valence electrons. The Morgan fingerprint density at radius 1 is 1.28 bits per heavy atom. The zero-order valence-electron chi connectivity index (χ0n) is 10.3. The molecule has 0 spiro atoms. The van der Waals surface area contributed by atoms with Crippen molar-refractivity contribution in [2.24, 2.45) is 0 Å². The third-order valence-electron chi connectivity index (χ3n) is 2.29. The van der Waals surface area contributed by atoms with E-state index < -0.39 is 0 Å². The Bertz CT molecular complexity index is 582. The first-order valence-corrected chi connectivity index (χ1v) is 6.18. The highest BCUT2D eigenvalue weighted by Gasteiger charge is 2.14. The number of ether oxygens (including phenoxy) is 1. The second-order valence-electron chi connectivity index (χ2n) is 3.61. The Hall–Kier alpha value is -1.70. The molecule has 2 N–H and O–H groups in total. The third-order valence-corrected chi connectivity index (χ3v) is 3.43. The molecule has 0 amide bonds. The zero-order chi connectivity index (χ0) is 13.3. The molecule has 0 saturated heterocycles. The number of hydrogen-bond donors (Lipinski definition) is 1. The number of nitrogens with zero attached hydrogens (tertiary/aromatic N) is 5. The Labute approximate surface area is 113 Å². The predicted octanol–water partition coefficient (Wildman–Crippen LogP) is 1.42. The maximum Gasteiger partial charge on any atom is 0.323 e. The predicted molar refractivity (Wildman–Crippen MR) is 69.7 cm³/mol. The van der Waals surface area contributed by atoms with Gasteiger partial charge in [-0.2, -0.15) is 20.1 Å². The number of halogens is 1. The van der Waals surface area contributed by atoms with Gasteiger partial charge in [0.25, 0.3) is 5.95 Å². The highest BCUT2D eigenvalue weighted by atomic mass is 79.9. The summed E-state index contributed by atoms with van der Waals surface area (Å²) in [5, 5.41) is 4.33. The number of nitrogens with two attached hydrogens (primary N) is 1. The van der Waals surface area contributed by atoms with Gasteiger partial charge >= 0.3 is 6.01 Å². The molecule has 0 unspecified atom stereocenters. The molecule has 0 radical (unpaired) electrons. The van der Waals surface area contributed by atoms with E-state index in [-0.39, 0.29) is 12.0 Å². The first-order chi connectivity index (χ1) is 8.52. The van der Waals surface area contributed by atoms with Crippen LogP contribution in [0.4, 0.5) is 5.95 Å². The molecule has 0 aliphatic heterocycles. The van der Waals surface area contributed by atoms with Crippen LogP contribution in [0.5, 0.6) is 6.01 Å². The summed E-state index contributed by atoms with van der Waals surface area (Å²) in [6, 6.07) is 0.198. The summed E-state index contributed by atoms with van der Waals surface area (Å²) < 4.78 is 7.74. The van der Waals surface area contributed by atoms with Crippen LogP contribution in [0.15, 0.2) is 4.47 Å². The summed E-state index contributed by atoms with van der Waals surface area (Å²) in [7, 11) is 0. The van der Waals surface area contributed by atoms with Gasteiger partial charge in [0.1, 0.15) is 0 Å². The molecule has 0 atom stereocenters. The van der Waals surface area contributed by atoms with Gasteiger partial charge in [-0.15, -0.1) is 0 Å². The van der Waals surface area contributed by atoms with Crippen molar-refractivity contribution >= 4 is 21.9 Å². The molecular weight excluding hydrogens is 300 g/mol. The molecular formula is C10H13BrN6O. The highest BCUT2D eigenvalue weighted by molar-refractivity contribution is 9.10. The van der Waals surface area contributed by atoms with E-state index in [1.165, 1.54) is 0 Å².